The summed E-state index contributed by atoms with van der Waals surface area (Å²) in [7, 11) is 3.30. The predicted octanol–water partition coefficient (Wildman–Crippen LogP) is 2.15. The largest absolute Gasteiger partial charge is 0.378 e. The zero-order valence-corrected chi connectivity index (χ0v) is 11.0. The van der Waals surface area contributed by atoms with Crippen molar-refractivity contribution in [3.8, 4) is 0 Å². The second-order valence-electron chi connectivity index (χ2n) is 3.84. The number of anilines is 1. The quantitative estimate of drug-likeness (QED) is 0.790. The lowest BCUT2D eigenvalue weighted by Gasteiger charge is -2.12. The molecule has 1 rings (SSSR count). The first-order valence-electron chi connectivity index (χ1n) is 5.84. The second-order valence-corrected chi connectivity index (χ2v) is 3.84. The fourth-order valence-electron chi connectivity index (χ4n) is 1.37. The number of rotatable bonds is 7. The number of nitrogens with one attached hydrogen (secondary N) is 1. The molecule has 0 aliphatic heterocycles. The molecular formula is C12H21N3O2. The highest BCUT2D eigenvalue weighted by atomic mass is 16.5. The Morgan fingerprint density at radius 1 is 1.35 bits per heavy atom. The molecule has 1 N–H and O–H groups in total. The Kier molecular flexibility index (Phi) is 5.86. The average molecular weight is 239 g/mol. The number of methoxy groups -OCH3 is 2. The molecule has 1 heterocycles. The Morgan fingerprint density at radius 2 is 2.12 bits per heavy atom. The molecule has 1 aromatic rings. The number of ether oxygens (including phenoxy) is 2. The van der Waals surface area contributed by atoms with Crippen LogP contribution in [-0.2, 0) is 16.1 Å². The van der Waals surface area contributed by atoms with Crippen molar-refractivity contribution in [2.75, 3.05) is 26.1 Å². The zero-order chi connectivity index (χ0) is 12.7. The van der Waals surface area contributed by atoms with E-state index in [1.54, 1.807) is 14.2 Å². The van der Waals surface area contributed by atoms with Gasteiger partial charge in [-0.25, -0.2) is 9.97 Å². The minimum atomic E-state index is -0.117. The highest BCUT2D eigenvalue weighted by molar-refractivity contribution is 5.36. The molecule has 5 heteroatoms. The van der Waals surface area contributed by atoms with Gasteiger partial charge < -0.3 is 14.8 Å². The van der Waals surface area contributed by atoms with Gasteiger partial charge in [-0.15, -0.1) is 0 Å². The van der Waals surface area contributed by atoms with Gasteiger partial charge in [-0.05, 0) is 13.3 Å². The molecule has 5 nitrogen and oxygen atoms in total. The zero-order valence-electron chi connectivity index (χ0n) is 11.0. The molecule has 0 aromatic carbocycles. The van der Waals surface area contributed by atoms with Crippen LogP contribution in [0.5, 0.6) is 0 Å². The molecule has 0 aliphatic rings. The van der Waals surface area contributed by atoms with Gasteiger partial charge in [0, 0.05) is 26.8 Å². The monoisotopic (exact) mass is 239 g/mol. The van der Waals surface area contributed by atoms with E-state index in [9.17, 15) is 0 Å². The van der Waals surface area contributed by atoms with E-state index in [0.717, 1.165) is 24.5 Å². The summed E-state index contributed by atoms with van der Waals surface area (Å²) in [6.07, 6.45) is 0.938. The molecule has 17 heavy (non-hydrogen) atoms. The molecule has 1 unspecified atom stereocenters. The molecule has 0 saturated heterocycles. The van der Waals surface area contributed by atoms with E-state index in [-0.39, 0.29) is 6.10 Å². The van der Waals surface area contributed by atoms with Gasteiger partial charge in [0.05, 0.1) is 12.3 Å². The Balaban J connectivity index is 2.91. The maximum Gasteiger partial charge on any atom is 0.159 e. The molecule has 0 bridgehead atoms. The lowest BCUT2D eigenvalue weighted by Crippen LogP contribution is -2.10. The van der Waals surface area contributed by atoms with Crippen molar-refractivity contribution in [3.63, 3.8) is 0 Å². The number of hydrogen-bond donors (Lipinski definition) is 1. The summed E-state index contributed by atoms with van der Waals surface area (Å²) in [6.45, 7) is 5.41. The molecule has 0 aliphatic carbocycles. The van der Waals surface area contributed by atoms with Crippen molar-refractivity contribution >= 4 is 5.82 Å². The first-order valence-corrected chi connectivity index (χ1v) is 5.84. The first kappa shape index (κ1) is 13.9. The van der Waals surface area contributed by atoms with E-state index in [0.29, 0.717) is 12.4 Å². The van der Waals surface area contributed by atoms with Crippen molar-refractivity contribution in [1.82, 2.24) is 9.97 Å². The van der Waals surface area contributed by atoms with Crippen LogP contribution < -0.4 is 5.32 Å². The molecule has 0 spiro atoms. The summed E-state index contributed by atoms with van der Waals surface area (Å²) in [5.41, 5.74) is 0.861. The van der Waals surface area contributed by atoms with Crippen LogP contribution in [0.4, 0.5) is 5.82 Å². The summed E-state index contributed by atoms with van der Waals surface area (Å²) < 4.78 is 10.3. The Hall–Kier alpha value is -1.20. The van der Waals surface area contributed by atoms with E-state index in [4.69, 9.17) is 9.47 Å². The third kappa shape index (κ3) is 4.28. The molecule has 1 atom stereocenters. The summed E-state index contributed by atoms with van der Waals surface area (Å²) >= 11 is 0. The fraction of sp³-hybridized carbons (Fsp3) is 0.667. The number of hydrogen-bond acceptors (Lipinski definition) is 5. The number of aromatic nitrogens is 2. The van der Waals surface area contributed by atoms with E-state index in [2.05, 4.69) is 22.2 Å². The van der Waals surface area contributed by atoms with Crippen LogP contribution in [0.1, 0.15) is 37.9 Å². The van der Waals surface area contributed by atoms with Gasteiger partial charge in [-0.1, -0.05) is 6.92 Å². The normalized spacial score (nSPS) is 12.5. The molecule has 0 radical (unpaired) electrons. The molecule has 0 fully saturated rings. The lowest BCUT2D eigenvalue weighted by molar-refractivity contribution is 0.111. The van der Waals surface area contributed by atoms with Crippen LogP contribution in [0.3, 0.4) is 0 Å². The molecule has 96 valence electrons. The second kappa shape index (κ2) is 7.19. The highest BCUT2D eigenvalue weighted by Gasteiger charge is 2.10. The topological polar surface area (TPSA) is 56.3 Å². The van der Waals surface area contributed by atoms with Gasteiger partial charge in [0.2, 0.25) is 0 Å². The summed E-state index contributed by atoms with van der Waals surface area (Å²) in [6, 6.07) is 1.91. The third-order valence-electron chi connectivity index (χ3n) is 2.36. The maximum atomic E-state index is 5.24. The van der Waals surface area contributed by atoms with Gasteiger partial charge in [-0.2, -0.15) is 0 Å². The minimum absolute atomic E-state index is 0.117. The van der Waals surface area contributed by atoms with Crippen molar-refractivity contribution in [1.29, 1.82) is 0 Å². The van der Waals surface area contributed by atoms with Crippen LogP contribution in [0.25, 0.3) is 0 Å². The smallest absolute Gasteiger partial charge is 0.159 e. The van der Waals surface area contributed by atoms with Crippen molar-refractivity contribution in [3.05, 3.63) is 17.6 Å². The average Bonchev–Trinajstić information content (AvgIpc) is 2.35. The fourth-order valence-corrected chi connectivity index (χ4v) is 1.37. The van der Waals surface area contributed by atoms with E-state index in [1.165, 1.54) is 0 Å². The summed E-state index contributed by atoms with van der Waals surface area (Å²) in [4.78, 5) is 8.82. The Morgan fingerprint density at radius 3 is 2.71 bits per heavy atom. The first-order chi connectivity index (χ1) is 8.21. The maximum absolute atomic E-state index is 5.24. The van der Waals surface area contributed by atoms with Gasteiger partial charge >= 0.3 is 0 Å². The van der Waals surface area contributed by atoms with E-state index < -0.39 is 0 Å². The van der Waals surface area contributed by atoms with Gasteiger partial charge in [0.15, 0.2) is 5.82 Å². The predicted molar refractivity (Wildman–Crippen MR) is 66.9 cm³/mol. The number of nitrogens with zero attached hydrogens (tertiary/aromatic N) is 2. The summed E-state index contributed by atoms with van der Waals surface area (Å²) in [5, 5.41) is 3.25. The SMILES string of the molecule is CCCNc1cc(COC)nc(C(C)OC)n1. The van der Waals surface area contributed by atoms with Gasteiger partial charge in [0.1, 0.15) is 11.9 Å². The molecular weight excluding hydrogens is 218 g/mol. The lowest BCUT2D eigenvalue weighted by atomic mass is 10.3. The van der Waals surface area contributed by atoms with Crippen LogP contribution in [0.15, 0.2) is 6.07 Å². The molecule has 0 amide bonds. The van der Waals surface area contributed by atoms with Crippen LogP contribution in [0, 0.1) is 0 Å². The standard InChI is InChI=1S/C12H21N3O2/c1-5-6-13-11-7-10(8-16-3)14-12(15-11)9(2)17-4/h7,9H,5-6,8H2,1-4H3,(H,13,14,15). The van der Waals surface area contributed by atoms with E-state index >= 15 is 0 Å². The minimum Gasteiger partial charge on any atom is -0.378 e. The molecule has 0 saturated carbocycles. The Bertz CT molecular complexity index is 345. The van der Waals surface area contributed by atoms with Crippen molar-refractivity contribution in [2.45, 2.75) is 33.0 Å². The Labute approximate surface area is 103 Å². The molecule has 1 aromatic heterocycles. The highest BCUT2D eigenvalue weighted by Crippen LogP contribution is 2.15. The van der Waals surface area contributed by atoms with Crippen LogP contribution in [0.2, 0.25) is 0 Å². The van der Waals surface area contributed by atoms with Crippen LogP contribution >= 0.6 is 0 Å². The van der Waals surface area contributed by atoms with Crippen molar-refractivity contribution in [2.24, 2.45) is 0 Å². The summed E-state index contributed by atoms with van der Waals surface area (Å²) in [5.74, 6) is 1.51. The van der Waals surface area contributed by atoms with E-state index in [1.807, 2.05) is 13.0 Å². The van der Waals surface area contributed by atoms with Crippen LogP contribution in [-0.4, -0.2) is 30.7 Å². The van der Waals surface area contributed by atoms with Gasteiger partial charge in [0.25, 0.3) is 0 Å². The van der Waals surface area contributed by atoms with Crippen molar-refractivity contribution < 1.29 is 9.47 Å². The third-order valence-corrected chi connectivity index (χ3v) is 2.36. The van der Waals surface area contributed by atoms with Gasteiger partial charge in [-0.3, -0.25) is 0 Å².